The summed E-state index contributed by atoms with van der Waals surface area (Å²) in [6.45, 7) is 3.14. The van der Waals surface area contributed by atoms with Crippen molar-refractivity contribution in [2.75, 3.05) is 27.4 Å². The zero-order chi connectivity index (χ0) is 18.1. The van der Waals surface area contributed by atoms with Gasteiger partial charge in [0.15, 0.2) is 5.71 Å². The highest BCUT2D eigenvalue weighted by Crippen LogP contribution is 2.19. The van der Waals surface area contributed by atoms with E-state index in [2.05, 4.69) is 4.99 Å². The lowest BCUT2D eigenvalue weighted by Gasteiger charge is -2.13. The Hall–Kier alpha value is -2.66. The van der Waals surface area contributed by atoms with Crippen molar-refractivity contribution in [1.29, 1.82) is 0 Å². The predicted molar refractivity (Wildman–Crippen MR) is 97.2 cm³/mol. The topological polar surface area (TPSA) is 57.1 Å². The second-order valence-corrected chi connectivity index (χ2v) is 5.43. The maximum absolute atomic E-state index is 12.2. The lowest BCUT2D eigenvalue weighted by atomic mass is 10.0. The van der Waals surface area contributed by atoms with Crippen LogP contribution in [0.3, 0.4) is 0 Å². The van der Waals surface area contributed by atoms with Crippen molar-refractivity contribution in [3.8, 4) is 5.75 Å². The van der Waals surface area contributed by atoms with Crippen LogP contribution in [-0.2, 0) is 20.9 Å². The summed E-state index contributed by atoms with van der Waals surface area (Å²) in [4.78, 5) is 16.5. The fraction of sp³-hybridized carbons (Fsp3) is 0.300. The fourth-order valence-electron chi connectivity index (χ4n) is 2.36. The number of esters is 1. The number of benzene rings is 2. The first-order valence-corrected chi connectivity index (χ1v) is 8.05. The maximum Gasteiger partial charge on any atom is 0.356 e. The van der Waals surface area contributed by atoms with Gasteiger partial charge in [0, 0.05) is 12.7 Å². The van der Waals surface area contributed by atoms with Gasteiger partial charge in [-0.2, -0.15) is 0 Å². The first-order chi connectivity index (χ1) is 12.2. The van der Waals surface area contributed by atoms with E-state index >= 15 is 0 Å². The van der Waals surface area contributed by atoms with Gasteiger partial charge in [-0.3, -0.25) is 4.99 Å². The molecule has 0 atom stereocenters. The lowest BCUT2D eigenvalue weighted by Crippen LogP contribution is -2.20. The van der Waals surface area contributed by atoms with Gasteiger partial charge < -0.3 is 14.2 Å². The molecule has 0 bridgehead atoms. The van der Waals surface area contributed by atoms with E-state index in [4.69, 9.17) is 14.2 Å². The SMILES string of the molecule is COCCN=C(C(=O)OC)c1ccccc1COc1ccccc1C. The molecule has 0 amide bonds. The molecule has 5 heteroatoms. The molecule has 132 valence electrons. The molecule has 5 nitrogen and oxygen atoms in total. The first-order valence-electron chi connectivity index (χ1n) is 8.05. The third kappa shape index (κ3) is 5.16. The molecule has 0 aliphatic heterocycles. The molecule has 0 aliphatic carbocycles. The fourth-order valence-corrected chi connectivity index (χ4v) is 2.36. The Bertz CT molecular complexity index is 740. The predicted octanol–water partition coefficient (Wildman–Crippen LogP) is 3.18. The molecule has 0 radical (unpaired) electrons. The highest BCUT2D eigenvalue weighted by Gasteiger charge is 2.18. The van der Waals surface area contributed by atoms with Gasteiger partial charge in [0.2, 0.25) is 0 Å². The zero-order valence-corrected chi connectivity index (χ0v) is 14.8. The van der Waals surface area contributed by atoms with Gasteiger partial charge in [-0.05, 0) is 24.1 Å². The summed E-state index contributed by atoms with van der Waals surface area (Å²) in [5.74, 6) is 0.340. The summed E-state index contributed by atoms with van der Waals surface area (Å²) in [7, 11) is 2.94. The number of aliphatic imine (C=N–C) groups is 1. The second kappa shape index (κ2) is 9.59. The molecule has 2 rings (SSSR count). The van der Waals surface area contributed by atoms with E-state index in [1.54, 1.807) is 7.11 Å². The van der Waals surface area contributed by atoms with E-state index in [1.807, 2.05) is 55.5 Å². The number of hydrogen-bond donors (Lipinski definition) is 0. The summed E-state index contributed by atoms with van der Waals surface area (Å²) in [6.07, 6.45) is 0. The van der Waals surface area contributed by atoms with E-state index < -0.39 is 5.97 Å². The van der Waals surface area contributed by atoms with Gasteiger partial charge >= 0.3 is 5.97 Å². The highest BCUT2D eigenvalue weighted by atomic mass is 16.5. The van der Waals surface area contributed by atoms with E-state index in [9.17, 15) is 4.79 Å². The Morgan fingerprint density at radius 2 is 1.76 bits per heavy atom. The van der Waals surface area contributed by atoms with Gasteiger partial charge in [-0.25, -0.2) is 4.79 Å². The average molecular weight is 341 g/mol. The monoisotopic (exact) mass is 341 g/mol. The van der Waals surface area contributed by atoms with Crippen LogP contribution in [0.1, 0.15) is 16.7 Å². The van der Waals surface area contributed by atoms with E-state index in [-0.39, 0.29) is 5.71 Å². The summed E-state index contributed by atoms with van der Waals surface area (Å²) < 4.78 is 15.8. The second-order valence-electron chi connectivity index (χ2n) is 5.43. The lowest BCUT2D eigenvalue weighted by molar-refractivity contribution is -0.132. The van der Waals surface area contributed by atoms with Crippen LogP contribution in [0.5, 0.6) is 5.75 Å². The van der Waals surface area contributed by atoms with Crippen molar-refractivity contribution < 1.29 is 19.0 Å². The molecule has 0 saturated carbocycles. The molecule has 2 aromatic carbocycles. The van der Waals surface area contributed by atoms with E-state index in [0.29, 0.717) is 25.3 Å². The van der Waals surface area contributed by atoms with Gasteiger partial charge in [0.25, 0.3) is 0 Å². The van der Waals surface area contributed by atoms with Gasteiger partial charge in [0.1, 0.15) is 12.4 Å². The largest absolute Gasteiger partial charge is 0.489 e. The molecule has 0 unspecified atom stereocenters. The van der Waals surface area contributed by atoms with Gasteiger partial charge in [-0.15, -0.1) is 0 Å². The number of para-hydroxylation sites is 1. The number of aryl methyl sites for hydroxylation is 1. The third-order valence-electron chi connectivity index (χ3n) is 3.69. The summed E-state index contributed by atoms with van der Waals surface area (Å²) in [5, 5.41) is 0. The number of rotatable bonds is 8. The minimum absolute atomic E-state index is 0.281. The highest BCUT2D eigenvalue weighted by molar-refractivity contribution is 6.43. The minimum Gasteiger partial charge on any atom is -0.489 e. The molecule has 0 spiro atoms. The smallest absolute Gasteiger partial charge is 0.356 e. The van der Waals surface area contributed by atoms with Crippen LogP contribution >= 0.6 is 0 Å². The minimum atomic E-state index is -0.473. The molecule has 25 heavy (non-hydrogen) atoms. The average Bonchev–Trinajstić information content (AvgIpc) is 2.64. The van der Waals surface area contributed by atoms with Crippen molar-refractivity contribution in [2.45, 2.75) is 13.5 Å². The molecular weight excluding hydrogens is 318 g/mol. The molecule has 0 aliphatic rings. The van der Waals surface area contributed by atoms with Gasteiger partial charge in [0.05, 0.1) is 20.3 Å². The van der Waals surface area contributed by atoms with E-state index in [0.717, 1.165) is 16.9 Å². The van der Waals surface area contributed by atoms with Crippen molar-refractivity contribution in [1.82, 2.24) is 0 Å². The quantitative estimate of drug-likeness (QED) is 0.420. The van der Waals surface area contributed by atoms with Crippen LogP contribution in [-0.4, -0.2) is 39.1 Å². The Morgan fingerprint density at radius 3 is 2.48 bits per heavy atom. The normalized spacial score (nSPS) is 11.2. The number of nitrogens with zero attached hydrogens (tertiary/aromatic N) is 1. The Kier molecular flexibility index (Phi) is 7.16. The van der Waals surface area contributed by atoms with Crippen molar-refractivity contribution >= 4 is 11.7 Å². The Labute approximate surface area is 148 Å². The number of carbonyl (C=O) groups is 1. The number of hydrogen-bond acceptors (Lipinski definition) is 5. The molecule has 0 saturated heterocycles. The molecule has 0 N–H and O–H groups in total. The Morgan fingerprint density at radius 1 is 1.04 bits per heavy atom. The zero-order valence-electron chi connectivity index (χ0n) is 14.8. The molecule has 2 aromatic rings. The van der Waals surface area contributed by atoms with Gasteiger partial charge in [-0.1, -0.05) is 42.5 Å². The van der Waals surface area contributed by atoms with Crippen LogP contribution in [0.15, 0.2) is 53.5 Å². The molecule has 0 heterocycles. The number of ether oxygens (including phenoxy) is 3. The van der Waals surface area contributed by atoms with Crippen LogP contribution in [0.25, 0.3) is 0 Å². The summed E-state index contributed by atoms with van der Waals surface area (Å²) >= 11 is 0. The standard InChI is InChI=1S/C20H23NO4/c1-15-8-4-7-11-18(15)25-14-16-9-5-6-10-17(16)19(20(22)24-3)21-12-13-23-2/h4-11H,12-14H2,1-3H3. The summed E-state index contributed by atoms with van der Waals surface area (Å²) in [6, 6.07) is 15.3. The maximum atomic E-state index is 12.2. The molecular formula is C20H23NO4. The van der Waals surface area contributed by atoms with Crippen molar-refractivity contribution in [2.24, 2.45) is 4.99 Å². The molecule has 0 fully saturated rings. The third-order valence-corrected chi connectivity index (χ3v) is 3.69. The molecule has 0 aromatic heterocycles. The first kappa shape index (κ1) is 18.7. The number of methoxy groups -OCH3 is 2. The van der Waals surface area contributed by atoms with Crippen LogP contribution in [0, 0.1) is 6.92 Å². The Balaban J connectivity index is 2.26. The summed E-state index contributed by atoms with van der Waals surface area (Å²) in [5.41, 5.74) is 2.91. The number of carbonyl (C=O) groups excluding carboxylic acids is 1. The van der Waals surface area contributed by atoms with Crippen LogP contribution in [0.4, 0.5) is 0 Å². The van der Waals surface area contributed by atoms with Crippen LogP contribution < -0.4 is 4.74 Å². The van der Waals surface area contributed by atoms with E-state index in [1.165, 1.54) is 7.11 Å². The van der Waals surface area contributed by atoms with Crippen LogP contribution in [0.2, 0.25) is 0 Å². The van der Waals surface area contributed by atoms with Crippen molar-refractivity contribution in [3.05, 3.63) is 65.2 Å². The van der Waals surface area contributed by atoms with Crippen molar-refractivity contribution in [3.63, 3.8) is 0 Å².